The van der Waals surface area contributed by atoms with Gasteiger partial charge >= 0.3 is 0 Å². The summed E-state index contributed by atoms with van der Waals surface area (Å²) in [6, 6.07) is 16.2. The van der Waals surface area contributed by atoms with E-state index in [1.807, 2.05) is 71.8 Å². The molecule has 4 nitrogen and oxygen atoms in total. The summed E-state index contributed by atoms with van der Waals surface area (Å²) in [4.78, 5) is 29.5. The molecule has 2 heterocycles. The van der Waals surface area contributed by atoms with Crippen LogP contribution in [0.4, 0.5) is 0 Å². The molecular weight excluding hydrogens is 420 g/mol. The molecular formula is C30H28N2O2. The Kier molecular flexibility index (Phi) is 4.26. The fraction of sp³-hybridized carbons (Fsp3) is 0.267. The summed E-state index contributed by atoms with van der Waals surface area (Å²) >= 11 is 0. The lowest BCUT2D eigenvalue weighted by Crippen LogP contribution is -2.49. The fourth-order valence-corrected chi connectivity index (χ4v) is 7.18. The van der Waals surface area contributed by atoms with E-state index in [0.717, 1.165) is 45.8 Å². The number of carbonyl (C=O) groups excluding carboxylic acids is 2. The molecule has 4 heteroatoms. The highest BCUT2D eigenvalue weighted by atomic mass is 16.1. The number of allylic oxidation sites excluding steroid dienone is 2. The zero-order chi connectivity index (χ0) is 23.8. The fourth-order valence-electron chi connectivity index (χ4n) is 7.18. The van der Waals surface area contributed by atoms with Crippen molar-refractivity contribution in [3.8, 4) is 0 Å². The highest BCUT2D eigenvalue weighted by molar-refractivity contribution is 6.29. The minimum atomic E-state index is -0.990. The third-order valence-corrected chi connectivity index (χ3v) is 8.41. The van der Waals surface area contributed by atoms with E-state index in [0.29, 0.717) is 24.2 Å². The van der Waals surface area contributed by atoms with Gasteiger partial charge in [0.15, 0.2) is 11.6 Å². The Morgan fingerprint density at radius 1 is 0.765 bits per heavy atom. The van der Waals surface area contributed by atoms with Crippen LogP contribution < -0.4 is 0 Å². The van der Waals surface area contributed by atoms with Crippen molar-refractivity contribution in [1.29, 1.82) is 0 Å². The van der Waals surface area contributed by atoms with Crippen molar-refractivity contribution in [3.63, 3.8) is 0 Å². The Morgan fingerprint density at radius 2 is 1.26 bits per heavy atom. The van der Waals surface area contributed by atoms with Crippen molar-refractivity contribution >= 4 is 33.4 Å². The van der Waals surface area contributed by atoms with Crippen LogP contribution in [0, 0.1) is 0 Å². The maximum atomic E-state index is 14.8. The van der Waals surface area contributed by atoms with E-state index in [2.05, 4.69) is 25.3 Å². The van der Waals surface area contributed by atoms with Gasteiger partial charge in [-0.25, -0.2) is 0 Å². The van der Waals surface area contributed by atoms with Gasteiger partial charge in [-0.1, -0.05) is 48.6 Å². The van der Waals surface area contributed by atoms with Gasteiger partial charge in [0.1, 0.15) is 0 Å². The first kappa shape index (κ1) is 20.9. The molecule has 4 aromatic rings. The summed E-state index contributed by atoms with van der Waals surface area (Å²) in [5.74, 6) is 0.110. The molecule has 2 aliphatic carbocycles. The molecule has 2 aromatic carbocycles. The number of Topliss-reactive ketones (excluding diaryl/α,β-unsaturated/α-hetero) is 2. The molecule has 0 N–H and O–H groups in total. The third kappa shape index (κ3) is 2.06. The van der Waals surface area contributed by atoms with Crippen molar-refractivity contribution in [1.82, 2.24) is 9.13 Å². The van der Waals surface area contributed by atoms with E-state index in [1.54, 1.807) is 0 Å². The number of aryl methyl sites for hydroxylation is 2. The van der Waals surface area contributed by atoms with Crippen molar-refractivity contribution in [2.45, 2.75) is 36.5 Å². The number of para-hydroxylation sites is 2. The van der Waals surface area contributed by atoms with Crippen LogP contribution in [0.25, 0.3) is 21.8 Å². The second-order valence-corrected chi connectivity index (χ2v) is 9.74. The number of unbranched alkanes of at least 4 members (excludes halogenated alkanes) is 1. The maximum absolute atomic E-state index is 14.8. The molecule has 0 fully saturated rings. The number of rotatable bonds is 6. The molecule has 0 saturated carbocycles. The summed E-state index contributed by atoms with van der Waals surface area (Å²) in [6.45, 7) is 7.97. The van der Waals surface area contributed by atoms with E-state index in [4.69, 9.17) is 0 Å². The molecule has 0 bridgehead atoms. The first-order valence-corrected chi connectivity index (χ1v) is 11.9. The molecule has 0 spiro atoms. The molecule has 2 unspecified atom stereocenters. The predicted molar refractivity (Wildman–Crippen MR) is 137 cm³/mol. The highest BCUT2D eigenvalue weighted by Crippen LogP contribution is 2.66. The molecule has 0 saturated heterocycles. The standard InChI is InChI=1S/C30H28N2O2/c1-5-7-12-18-30-24-20-14-9-11-16-22(20)32(4)26(24)27(33)29(30,17-6-2)23-19-13-8-10-15-21(19)31(3)25(23)28(30)34/h5-6,8-11,13-16H,1-2,7,12,17-18H2,3-4H3. The maximum Gasteiger partial charge on any atom is 0.191 e. The average molecular weight is 449 g/mol. The van der Waals surface area contributed by atoms with Gasteiger partial charge in [-0.2, -0.15) is 0 Å². The Morgan fingerprint density at radius 3 is 1.79 bits per heavy atom. The van der Waals surface area contributed by atoms with Crippen molar-refractivity contribution in [2.24, 2.45) is 14.1 Å². The van der Waals surface area contributed by atoms with E-state index in [9.17, 15) is 9.59 Å². The van der Waals surface area contributed by atoms with Crippen molar-refractivity contribution in [3.05, 3.63) is 96.4 Å². The largest absolute Gasteiger partial charge is 0.341 e. The normalized spacial score (nSPS) is 22.9. The Balaban J connectivity index is 1.81. The number of carbonyl (C=O) groups is 2. The molecule has 34 heavy (non-hydrogen) atoms. The zero-order valence-corrected chi connectivity index (χ0v) is 19.7. The summed E-state index contributed by atoms with van der Waals surface area (Å²) < 4.78 is 4.01. The molecule has 2 atom stereocenters. The molecule has 0 amide bonds. The second-order valence-electron chi connectivity index (χ2n) is 9.74. The van der Waals surface area contributed by atoms with Crippen LogP contribution in [-0.4, -0.2) is 20.7 Å². The Labute approximate surface area is 199 Å². The summed E-state index contributed by atoms with van der Waals surface area (Å²) in [6.07, 6.45) is 6.34. The molecule has 0 radical (unpaired) electrons. The molecule has 170 valence electrons. The van der Waals surface area contributed by atoms with E-state index < -0.39 is 10.8 Å². The summed E-state index contributed by atoms with van der Waals surface area (Å²) in [7, 11) is 3.90. The predicted octanol–water partition coefficient (Wildman–Crippen LogP) is 6.17. The van der Waals surface area contributed by atoms with Gasteiger partial charge in [0, 0.05) is 47.0 Å². The number of nitrogens with zero attached hydrogens (tertiary/aromatic N) is 2. The van der Waals surface area contributed by atoms with Crippen LogP contribution in [-0.2, 0) is 24.9 Å². The lowest BCUT2D eigenvalue weighted by atomic mass is 9.58. The van der Waals surface area contributed by atoms with Crippen LogP contribution in [0.5, 0.6) is 0 Å². The van der Waals surface area contributed by atoms with E-state index in [-0.39, 0.29) is 11.6 Å². The van der Waals surface area contributed by atoms with Gasteiger partial charge in [-0.3, -0.25) is 9.59 Å². The summed E-state index contributed by atoms with van der Waals surface area (Å²) in [5, 5.41) is 2.00. The quantitative estimate of drug-likeness (QED) is 0.261. The number of hydrogen-bond donors (Lipinski definition) is 0. The number of aromatic nitrogens is 2. The number of ketones is 2. The SMILES string of the molecule is C=CCCCC12C(=O)c3c(c4ccccc4n3C)C1(CC=C)C(=O)c1c2c2ccccc2n1C. The lowest BCUT2D eigenvalue weighted by molar-refractivity contribution is 0.0721. The molecule has 6 rings (SSSR count). The van der Waals surface area contributed by atoms with E-state index >= 15 is 0 Å². The van der Waals surface area contributed by atoms with Crippen molar-refractivity contribution < 1.29 is 9.59 Å². The number of benzene rings is 2. The van der Waals surface area contributed by atoms with Gasteiger partial charge in [-0.05, 0) is 37.8 Å². The van der Waals surface area contributed by atoms with Gasteiger partial charge < -0.3 is 9.13 Å². The number of hydrogen-bond acceptors (Lipinski definition) is 2. The lowest BCUT2D eigenvalue weighted by Gasteiger charge is -2.39. The van der Waals surface area contributed by atoms with Gasteiger partial charge in [0.05, 0.1) is 22.2 Å². The third-order valence-electron chi connectivity index (χ3n) is 8.41. The highest BCUT2D eigenvalue weighted by Gasteiger charge is 2.73. The van der Waals surface area contributed by atoms with Crippen LogP contribution >= 0.6 is 0 Å². The molecule has 2 aromatic heterocycles. The van der Waals surface area contributed by atoms with Crippen LogP contribution in [0.15, 0.2) is 73.8 Å². The van der Waals surface area contributed by atoms with Gasteiger partial charge in [0.25, 0.3) is 0 Å². The van der Waals surface area contributed by atoms with Gasteiger partial charge in [0.2, 0.25) is 0 Å². The molecule has 2 aliphatic rings. The Hall–Kier alpha value is -3.66. The average Bonchev–Trinajstić information content (AvgIpc) is 3.45. The van der Waals surface area contributed by atoms with Crippen LogP contribution in [0.3, 0.4) is 0 Å². The van der Waals surface area contributed by atoms with Crippen LogP contribution in [0.2, 0.25) is 0 Å². The Bertz CT molecular complexity index is 1570. The van der Waals surface area contributed by atoms with E-state index in [1.165, 1.54) is 0 Å². The minimum Gasteiger partial charge on any atom is -0.341 e. The summed E-state index contributed by atoms with van der Waals surface area (Å²) in [5.41, 5.74) is 3.18. The number of fused-ring (bicyclic) bond motifs is 9. The smallest absolute Gasteiger partial charge is 0.191 e. The van der Waals surface area contributed by atoms with Gasteiger partial charge in [-0.15, -0.1) is 13.2 Å². The molecule has 0 aliphatic heterocycles. The van der Waals surface area contributed by atoms with Crippen LogP contribution in [0.1, 0.15) is 57.8 Å². The first-order valence-electron chi connectivity index (χ1n) is 11.9. The first-order chi connectivity index (χ1) is 16.5. The minimum absolute atomic E-state index is 0.0446. The zero-order valence-electron chi connectivity index (χ0n) is 19.7. The topological polar surface area (TPSA) is 44.0 Å². The monoisotopic (exact) mass is 448 g/mol. The second kappa shape index (κ2) is 6.92. The van der Waals surface area contributed by atoms with Crippen molar-refractivity contribution in [2.75, 3.05) is 0 Å².